The summed E-state index contributed by atoms with van der Waals surface area (Å²) >= 11 is 5.39. The molecule has 18 heavy (non-hydrogen) atoms. The number of ether oxygens (including phenoxy) is 1. The second kappa shape index (κ2) is 5.87. The first-order valence-corrected chi connectivity index (χ1v) is 6.04. The maximum atomic E-state index is 11.8. The predicted molar refractivity (Wildman–Crippen MR) is 71.0 cm³/mol. The quantitative estimate of drug-likeness (QED) is 0.678. The lowest BCUT2D eigenvalue weighted by Crippen LogP contribution is -2.24. The van der Waals surface area contributed by atoms with Gasteiger partial charge in [0.1, 0.15) is 11.5 Å². The lowest BCUT2D eigenvalue weighted by molar-refractivity contribution is -0.113. The molecule has 1 aromatic rings. The van der Waals surface area contributed by atoms with Crippen molar-refractivity contribution < 1.29 is 14.3 Å². The van der Waals surface area contributed by atoms with Crippen molar-refractivity contribution in [2.75, 3.05) is 11.2 Å². The van der Waals surface area contributed by atoms with Crippen LogP contribution in [0.15, 0.2) is 24.3 Å². The largest absolute Gasteiger partial charge is 0.456 e. The van der Waals surface area contributed by atoms with Crippen molar-refractivity contribution in [1.82, 2.24) is 0 Å². The van der Waals surface area contributed by atoms with E-state index in [1.165, 1.54) is 0 Å². The molecule has 0 saturated heterocycles. The highest BCUT2D eigenvalue weighted by Crippen LogP contribution is 2.15. The first-order valence-electron chi connectivity index (χ1n) is 5.51. The Morgan fingerprint density at radius 3 is 2.56 bits per heavy atom. The van der Waals surface area contributed by atoms with Crippen LogP contribution in [0.1, 0.15) is 31.1 Å². The highest BCUT2D eigenvalue weighted by molar-refractivity contribution is 6.29. The molecular weight excluding hydrogens is 254 g/mol. The molecule has 0 aliphatic rings. The number of hydrogen-bond acceptors (Lipinski definition) is 3. The molecular formula is C13H16ClNO3. The van der Waals surface area contributed by atoms with Crippen LogP contribution in [0.4, 0.5) is 5.69 Å². The third-order valence-corrected chi connectivity index (χ3v) is 2.15. The minimum absolute atomic E-state index is 0.128. The average Bonchev–Trinajstić information content (AvgIpc) is 2.27. The van der Waals surface area contributed by atoms with E-state index in [1.807, 2.05) is 0 Å². The number of esters is 1. The monoisotopic (exact) mass is 269 g/mol. The fourth-order valence-corrected chi connectivity index (χ4v) is 1.32. The van der Waals surface area contributed by atoms with Gasteiger partial charge in [0.2, 0.25) is 5.91 Å². The zero-order chi connectivity index (χ0) is 13.8. The molecule has 0 atom stereocenters. The van der Waals surface area contributed by atoms with Gasteiger partial charge in [0.25, 0.3) is 0 Å². The molecule has 0 bridgehead atoms. The van der Waals surface area contributed by atoms with Crippen molar-refractivity contribution in [2.45, 2.75) is 26.4 Å². The molecule has 1 amide bonds. The van der Waals surface area contributed by atoms with E-state index in [2.05, 4.69) is 5.32 Å². The number of anilines is 1. The second-order valence-electron chi connectivity index (χ2n) is 4.76. The van der Waals surface area contributed by atoms with Gasteiger partial charge in [-0.25, -0.2) is 4.79 Å². The van der Waals surface area contributed by atoms with Gasteiger partial charge in [-0.15, -0.1) is 11.6 Å². The van der Waals surface area contributed by atoms with Crippen LogP contribution in [0, 0.1) is 0 Å². The van der Waals surface area contributed by atoms with Crippen molar-refractivity contribution in [1.29, 1.82) is 0 Å². The number of carbonyl (C=O) groups is 2. The highest BCUT2D eigenvalue weighted by atomic mass is 35.5. The number of hydrogen-bond donors (Lipinski definition) is 1. The van der Waals surface area contributed by atoms with Crippen LogP contribution in [0.25, 0.3) is 0 Å². The maximum absolute atomic E-state index is 11.8. The number of halogens is 1. The minimum Gasteiger partial charge on any atom is -0.456 e. The molecule has 0 radical (unpaired) electrons. The number of carbonyl (C=O) groups excluding carboxylic acids is 2. The molecule has 0 aromatic heterocycles. The number of benzene rings is 1. The molecule has 5 heteroatoms. The van der Waals surface area contributed by atoms with Crippen molar-refractivity contribution in [3.63, 3.8) is 0 Å². The van der Waals surface area contributed by atoms with Gasteiger partial charge >= 0.3 is 5.97 Å². The van der Waals surface area contributed by atoms with E-state index >= 15 is 0 Å². The molecule has 0 fully saturated rings. The summed E-state index contributed by atoms with van der Waals surface area (Å²) in [5.74, 6) is -0.876. The molecule has 4 nitrogen and oxygen atoms in total. The van der Waals surface area contributed by atoms with Gasteiger partial charge in [0.05, 0.1) is 5.56 Å². The summed E-state index contributed by atoms with van der Waals surface area (Å²) in [4.78, 5) is 22.9. The van der Waals surface area contributed by atoms with Gasteiger partial charge in [-0.2, -0.15) is 0 Å². The van der Waals surface area contributed by atoms with E-state index in [1.54, 1.807) is 45.0 Å². The molecule has 0 saturated carbocycles. The zero-order valence-electron chi connectivity index (χ0n) is 10.6. The molecule has 0 spiro atoms. The van der Waals surface area contributed by atoms with Crippen LogP contribution < -0.4 is 5.32 Å². The fourth-order valence-electron chi connectivity index (χ4n) is 1.26. The Morgan fingerprint density at radius 2 is 2.00 bits per heavy atom. The van der Waals surface area contributed by atoms with Crippen LogP contribution >= 0.6 is 11.6 Å². The van der Waals surface area contributed by atoms with Gasteiger partial charge < -0.3 is 10.1 Å². The summed E-state index contributed by atoms with van der Waals surface area (Å²) in [5, 5.41) is 2.57. The zero-order valence-corrected chi connectivity index (χ0v) is 11.4. The topological polar surface area (TPSA) is 55.4 Å². The molecule has 0 aliphatic heterocycles. The summed E-state index contributed by atoms with van der Waals surface area (Å²) in [5.41, 5.74) is 0.355. The summed E-state index contributed by atoms with van der Waals surface area (Å²) in [6.45, 7) is 5.39. The predicted octanol–water partition coefficient (Wildman–Crippen LogP) is 2.82. The van der Waals surface area contributed by atoms with E-state index in [-0.39, 0.29) is 11.8 Å². The number of nitrogens with one attached hydrogen (secondary N) is 1. The molecule has 0 unspecified atom stereocenters. The van der Waals surface area contributed by atoms with Gasteiger partial charge in [-0.05, 0) is 39.0 Å². The maximum Gasteiger partial charge on any atom is 0.338 e. The highest BCUT2D eigenvalue weighted by Gasteiger charge is 2.18. The standard InChI is InChI=1S/C13H16ClNO3/c1-13(2,3)18-12(17)9-5-4-6-10(7-9)15-11(16)8-14/h4-7H,8H2,1-3H3,(H,15,16). The lowest BCUT2D eigenvalue weighted by atomic mass is 10.1. The number of rotatable bonds is 3. The van der Waals surface area contributed by atoms with Gasteiger partial charge in [0.15, 0.2) is 0 Å². The molecule has 0 heterocycles. The Hall–Kier alpha value is -1.55. The fraction of sp³-hybridized carbons (Fsp3) is 0.385. The van der Waals surface area contributed by atoms with E-state index in [9.17, 15) is 9.59 Å². The van der Waals surface area contributed by atoms with Crippen LogP contribution in [0.3, 0.4) is 0 Å². The van der Waals surface area contributed by atoms with Crippen LogP contribution in [-0.2, 0) is 9.53 Å². The van der Waals surface area contributed by atoms with Gasteiger partial charge in [0, 0.05) is 5.69 Å². The SMILES string of the molecule is CC(C)(C)OC(=O)c1cccc(NC(=O)CCl)c1. The third-order valence-electron chi connectivity index (χ3n) is 1.90. The molecule has 1 N–H and O–H groups in total. The van der Waals surface area contributed by atoms with Crippen molar-refractivity contribution in [3.05, 3.63) is 29.8 Å². The Balaban J connectivity index is 2.82. The van der Waals surface area contributed by atoms with Gasteiger partial charge in [-0.1, -0.05) is 6.07 Å². The van der Waals surface area contributed by atoms with Crippen LogP contribution in [0.5, 0.6) is 0 Å². The number of alkyl halides is 1. The smallest absolute Gasteiger partial charge is 0.338 e. The summed E-state index contributed by atoms with van der Waals surface area (Å²) in [7, 11) is 0. The molecule has 1 rings (SSSR count). The van der Waals surface area contributed by atoms with E-state index in [4.69, 9.17) is 16.3 Å². The number of amides is 1. The van der Waals surface area contributed by atoms with E-state index < -0.39 is 11.6 Å². The first kappa shape index (κ1) is 14.5. The summed E-state index contributed by atoms with van der Waals surface area (Å²) < 4.78 is 5.23. The Labute approximate surface area is 111 Å². The molecule has 98 valence electrons. The lowest BCUT2D eigenvalue weighted by Gasteiger charge is -2.19. The second-order valence-corrected chi connectivity index (χ2v) is 5.03. The normalized spacial score (nSPS) is 10.9. The third kappa shape index (κ3) is 4.75. The summed E-state index contributed by atoms with van der Waals surface area (Å²) in [6.07, 6.45) is 0. The Morgan fingerprint density at radius 1 is 1.33 bits per heavy atom. The van der Waals surface area contributed by atoms with Crippen LogP contribution in [0.2, 0.25) is 0 Å². The van der Waals surface area contributed by atoms with Crippen molar-refractivity contribution in [2.24, 2.45) is 0 Å². The molecule has 1 aromatic carbocycles. The minimum atomic E-state index is -0.549. The average molecular weight is 270 g/mol. The first-order chi connectivity index (χ1) is 8.31. The van der Waals surface area contributed by atoms with Gasteiger partial charge in [-0.3, -0.25) is 4.79 Å². The van der Waals surface area contributed by atoms with E-state index in [0.717, 1.165) is 0 Å². The molecule has 0 aliphatic carbocycles. The van der Waals surface area contributed by atoms with Crippen molar-refractivity contribution in [3.8, 4) is 0 Å². The Kier molecular flexibility index (Phi) is 4.73. The van der Waals surface area contributed by atoms with Crippen LogP contribution in [-0.4, -0.2) is 23.4 Å². The Bertz CT molecular complexity index is 452. The van der Waals surface area contributed by atoms with Crippen molar-refractivity contribution >= 4 is 29.2 Å². The summed E-state index contributed by atoms with van der Waals surface area (Å²) in [6, 6.07) is 6.53. The van der Waals surface area contributed by atoms with E-state index in [0.29, 0.717) is 11.3 Å².